The highest BCUT2D eigenvalue weighted by Gasteiger charge is 2.18. The normalized spacial score (nSPS) is 12.6. The number of aliphatic hydroxyl groups excluding tert-OH is 2. The summed E-state index contributed by atoms with van der Waals surface area (Å²) in [7, 11) is 0. The van der Waals surface area contributed by atoms with Gasteiger partial charge in [-0.05, 0) is 57.8 Å². The molecule has 0 aliphatic rings. The van der Waals surface area contributed by atoms with Gasteiger partial charge in [-0.3, -0.25) is 9.59 Å². The van der Waals surface area contributed by atoms with Crippen LogP contribution in [0.15, 0.2) is 24.3 Å². The maximum atomic E-state index is 12.5. The predicted molar refractivity (Wildman–Crippen MR) is 352 cm³/mol. The molecule has 1 amide bonds. The molecule has 0 saturated carbocycles. The summed E-state index contributed by atoms with van der Waals surface area (Å²) in [6.45, 7) is 4.94. The van der Waals surface area contributed by atoms with Gasteiger partial charge >= 0.3 is 5.97 Å². The first kappa shape index (κ1) is 78.3. The Kier molecular flexibility index (Phi) is 68.4. The second-order valence-corrected chi connectivity index (χ2v) is 25.3. The van der Waals surface area contributed by atoms with Gasteiger partial charge in [-0.2, -0.15) is 0 Å². The molecule has 0 aromatic rings. The molecule has 0 spiro atoms. The minimum Gasteiger partial charge on any atom is -0.466 e. The average molecular weight is 1130 g/mol. The van der Waals surface area contributed by atoms with Gasteiger partial charge in [-0.1, -0.05) is 366 Å². The van der Waals surface area contributed by atoms with Crippen molar-refractivity contribution in [1.82, 2.24) is 5.32 Å². The number of nitrogens with one attached hydrogen (secondary N) is 1. The van der Waals surface area contributed by atoms with Gasteiger partial charge in [0, 0.05) is 12.8 Å². The Morgan fingerprint density at radius 3 is 0.887 bits per heavy atom. The van der Waals surface area contributed by atoms with Crippen molar-refractivity contribution in [3.63, 3.8) is 0 Å². The third kappa shape index (κ3) is 65.5. The quantitative estimate of drug-likeness (QED) is 0.0320. The molecule has 6 nitrogen and oxygen atoms in total. The number of amides is 1. The van der Waals surface area contributed by atoms with Crippen molar-refractivity contribution in [3.8, 4) is 0 Å². The molecule has 2 atom stereocenters. The number of esters is 1. The van der Waals surface area contributed by atoms with Crippen molar-refractivity contribution in [2.24, 2.45) is 0 Å². The van der Waals surface area contributed by atoms with E-state index in [0.29, 0.717) is 19.4 Å². The van der Waals surface area contributed by atoms with Gasteiger partial charge in [0.05, 0.1) is 25.4 Å². The lowest BCUT2D eigenvalue weighted by Gasteiger charge is -2.20. The summed E-state index contributed by atoms with van der Waals surface area (Å²) in [5.74, 6) is -0.0407. The zero-order chi connectivity index (χ0) is 57.8. The van der Waals surface area contributed by atoms with E-state index in [1.807, 2.05) is 6.08 Å². The first-order chi connectivity index (χ1) is 39.5. The van der Waals surface area contributed by atoms with E-state index in [4.69, 9.17) is 4.74 Å². The lowest BCUT2D eigenvalue weighted by molar-refractivity contribution is -0.143. The molecule has 0 aliphatic heterocycles. The van der Waals surface area contributed by atoms with Crippen LogP contribution in [0.1, 0.15) is 412 Å². The van der Waals surface area contributed by atoms with Crippen molar-refractivity contribution < 1.29 is 24.5 Å². The van der Waals surface area contributed by atoms with Crippen LogP contribution in [-0.2, 0) is 14.3 Å². The van der Waals surface area contributed by atoms with Crippen molar-refractivity contribution in [2.75, 3.05) is 13.2 Å². The maximum absolute atomic E-state index is 12.5. The molecule has 80 heavy (non-hydrogen) atoms. The zero-order valence-corrected chi connectivity index (χ0v) is 54.3. The van der Waals surface area contributed by atoms with E-state index in [0.717, 1.165) is 38.5 Å². The number of allylic oxidation sites excluding steroid dienone is 3. The first-order valence-electron chi connectivity index (χ1n) is 36.6. The summed E-state index contributed by atoms with van der Waals surface area (Å²) in [5.41, 5.74) is 0. The van der Waals surface area contributed by atoms with E-state index in [-0.39, 0.29) is 18.5 Å². The summed E-state index contributed by atoms with van der Waals surface area (Å²) in [6, 6.07) is -0.625. The third-order valence-electron chi connectivity index (χ3n) is 17.2. The Bertz CT molecular complexity index is 1250. The lowest BCUT2D eigenvalue weighted by atomic mass is 10.0. The number of unbranched alkanes of at least 4 members (excludes halogenated alkanes) is 56. The average Bonchev–Trinajstić information content (AvgIpc) is 3.46. The smallest absolute Gasteiger partial charge is 0.305 e. The first-order valence-corrected chi connectivity index (χ1v) is 36.6. The van der Waals surface area contributed by atoms with Crippen molar-refractivity contribution in [2.45, 2.75) is 424 Å². The van der Waals surface area contributed by atoms with Gasteiger partial charge in [-0.15, -0.1) is 0 Å². The van der Waals surface area contributed by atoms with E-state index in [1.54, 1.807) is 6.08 Å². The van der Waals surface area contributed by atoms with Crippen LogP contribution in [0.4, 0.5) is 0 Å². The van der Waals surface area contributed by atoms with E-state index < -0.39 is 12.1 Å². The van der Waals surface area contributed by atoms with Gasteiger partial charge in [0.1, 0.15) is 0 Å². The molecule has 0 radical (unpaired) electrons. The highest BCUT2D eigenvalue weighted by atomic mass is 16.5. The number of ether oxygens (including phenoxy) is 1. The fraction of sp³-hybridized carbons (Fsp3) is 0.919. The number of carbonyl (C=O) groups is 2. The minimum absolute atomic E-state index is 0.0203. The molecule has 474 valence electrons. The summed E-state index contributed by atoms with van der Waals surface area (Å²) in [6.07, 6.45) is 88.5. The van der Waals surface area contributed by atoms with Crippen LogP contribution >= 0.6 is 0 Å². The molecule has 0 aliphatic carbocycles. The number of carbonyl (C=O) groups excluding carboxylic acids is 2. The van der Waals surface area contributed by atoms with E-state index >= 15 is 0 Å². The highest BCUT2D eigenvalue weighted by Crippen LogP contribution is 2.19. The molecule has 0 rings (SSSR count). The Balaban J connectivity index is 3.35. The summed E-state index contributed by atoms with van der Waals surface area (Å²) in [4.78, 5) is 24.5. The summed E-state index contributed by atoms with van der Waals surface area (Å²) >= 11 is 0. The molecule has 0 saturated heterocycles. The van der Waals surface area contributed by atoms with Crippen LogP contribution in [0, 0.1) is 0 Å². The summed E-state index contributed by atoms with van der Waals surface area (Å²) < 4.78 is 5.48. The van der Waals surface area contributed by atoms with Gasteiger partial charge in [-0.25, -0.2) is 0 Å². The SMILES string of the molecule is CCCCCCCCCCCCCCCCC/C=C/C(O)C(CO)NC(=O)CCCCCCCCCCCCCCCCCCC/C=C\CCCCCCCCCCCCCCCCOC(=O)CCCCCCCCCCCCC. The Hall–Kier alpha value is -1.66. The Labute approximate surface area is 501 Å². The van der Waals surface area contributed by atoms with Gasteiger partial charge in [0.25, 0.3) is 0 Å². The molecular weight excluding hydrogens is 983 g/mol. The van der Waals surface area contributed by atoms with Crippen molar-refractivity contribution in [3.05, 3.63) is 24.3 Å². The lowest BCUT2D eigenvalue weighted by Crippen LogP contribution is -2.45. The number of hydrogen-bond donors (Lipinski definition) is 3. The summed E-state index contributed by atoms with van der Waals surface area (Å²) in [5, 5.41) is 23.2. The van der Waals surface area contributed by atoms with Crippen LogP contribution < -0.4 is 5.32 Å². The highest BCUT2D eigenvalue weighted by molar-refractivity contribution is 5.76. The number of aliphatic hydroxyl groups is 2. The van der Waals surface area contributed by atoms with E-state index in [9.17, 15) is 19.8 Å². The molecule has 0 heterocycles. The van der Waals surface area contributed by atoms with Gasteiger partial charge < -0.3 is 20.3 Å². The monoisotopic (exact) mass is 1130 g/mol. The maximum Gasteiger partial charge on any atom is 0.305 e. The number of hydrogen-bond acceptors (Lipinski definition) is 5. The number of rotatable bonds is 69. The topological polar surface area (TPSA) is 95.9 Å². The third-order valence-corrected chi connectivity index (χ3v) is 17.2. The van der Waals surface area contributed by atoms with Crippen molar-refractivity contribution in [1.29, 1.82) is 0 Å². The molecule has 3 N–H and O–H groups in total. The molecular formula is C74H143NO5. The fourth-order valence-corrected chi connectivity index (χ4v) is 11.6. The van der Waals surface area contributed by atoms with Gasteiger partial charge in [0.2, 0.25) is 5.91 Å². The van der Waals surface area contributed by atoms with Crippen LogP contribution in [0.2, 0.25) is 0 Å². The van der Waals surface area contributed by atoms with Crippen LogP contribution in [0.25, 0.3) is 0 Å². The van der Waals surface area contributed by atoms with Gasteiger partial charge in [0.15, 0.2) is 0 Å². The molecule has 0 fully saturated rings. The largest absolute Gasteiger partial charge is 0.466 e. The van der Waals surface area contributed by atoms with E-state index in [1.165, 1.54) is 347 Å². The van der Waals surface area contributed by atoms with Crippen molar-refractivity contribution >= 4 is 11.9 Å². The van der Waals surface area contributed by atoms with Crippen LogP contribution in [0.5, 0.6) is 0 Å². The zero-order valence-electron chi connectivity index (χ0n) is 54.3. The fourth-order valence-electron chi connectivity index (χ4n) is 11.6. The Morgan fingerprint density at radius 1 is 0.338 bits per heavy atom. The second-order valence-electron chi connectivity index (χ2n) is 25.3. The van der Waals surface area contributed by atoms with Crippen LogP contribution in [0.3, 0.4) is 0 Å². The minimum atomic E-state index is -0.842. The van der Waals surface area contributed by atoms with Crippen LogP contribution in [-0.4, -0.2) is 47.4 Å². The predicted octanol–water partition coefficient (Wildman–Crippen LogP) is 23.7. The van der Waals surface area contributed by atoms with E-state index in [2.05, 4.69) is 31.3 Å². The molecule has 0 aromatic heterocycles. The standard InChI is InChI=1S/C74H143NO5/c1-3-5-7-9-11-13-15-16-17-37-40-43-47-50-54-58-62-66-72(77)71(70-76)75-73(78)67-63-59-55-51-48-44-41-38-35-33-31-29-27-25-23-21-19-18-20-22-24-26-28-30-32-34-36-39-42-45-49-53-57-61-65-69-80-74(79)68-64-60-56-52-46-14-12-10-8-6-4-2/h20,22,62,66,71-72,76-77H,3-19,21,23-61,63-65,67-70H2,1-2H3,(H,75,78)/b22-20-,66-62+. The second kappa shape index (κ2) is 69.8. The molecule has 0 bridgehead atoms. The molecule has 0 aromatic carbocycles. The Morgan fingerprint density at radius 2 is 0.588 bits per heavy atom. The molecule has 6 heteroatoms. The molecule has 2 unspecified atom stereocenters.